The lowest BCUT2D eigenvalue weighted by molar-refractivity contribution is 0.103. The van der Waals surface area contributed by atoms with E-state index in [9.17, 15) is 4.79 Å². The Morgan fingerprint density at radius 1 is 1.52 bits per heavy atom. The first kappa shape index (κ1) is 14.3. The largest absolute Gasteiger partial charge is 0.382 e. The highest BCUT2D eigenvalue weighted by Gasteiger charge is 2.23. The van der Waals surface area contributed by atoms with Gasteiger partial charge in [0.15, 0.2) is 5.13 Å². The molecule has 0 saturated carbocycles. The Labute approximate surface area is 130 Å². The number of piperidine rings is 1. The number of rotatable bonds is 3. The second-order valence-corrected chi connectivity index (χ2v) is 6.78. The molecule has 8 heteroatoms. The number of nitrogens with one attached hydrogen (secondary N) is 1. The van der Waals surface area contributed by atoms with E-state index in [0.29, 0.717) is 4.88 Å². The first-order valence-electron chi connectivity index (χ1n) is 6.74. The highest BCUT2D eigenvalue weighted by atomic mass is 32.1. The van der Waals surface area contributed by atoms with Crippen LogP contribution in [0, 0.1) is 0 Å². The van der Waals surface area contributed by atoms with Crippen LogP contribution in [-0.2, 0) is 0 Å². The molecule has 1 aliphatic rings. The maximum Gasteiger partial charge on any atom is 0.269 e. The van der Waals surface area contributed by atoms with Crippen molar-refractivity contribution in [1.82, 2.24) is 4.98 Å². The van der Waals surface area contributed by atoms with Crippen molar-refractivity contribution in [2.45, 2.75) is 18.9 Å². The lowest BCUT2D eigenvalue weighted by Gasteiger charge is -2.30. The Morgan fingerprint density at radius 3 is 3.10 bits per heavy atom. The molecule has 1 aliphatic heterocycles. The van der Waals surface area contributed by atoms with Gasteiger partial charge in [0.25, 0.3) is 5.91 Å². The van der Waals surface area contributed by atoms with Gasteiger partial charge < -0.3 is 21.7 Å². The second-order valence-electron chi connectivity index (χ2n) is 5.03. The van der Waals surface area contributed by atoms with Crippen LogP contribution in [0.3, 0.4) is 0 Å². The van der Waals surface area contributed by atoms with Gasteiger partial charge in [-0.1, -0.05) is 11.3 Å². The van der Waals surface area contributed by atoms with E-state index in [2.05, 4.69) is 15.2 Å². The first-order chi connectivity index (χ1) is 10.1. The molecular weight excluding hydrogens is 306 g/mol. The number of aromatic nitrogens is 1. The third-order valence-corrected chi connectivity index (χ3v) is 5.17. The van der Waals surface area contributed by atoms with Gasteiger partial charge in [0.05, 0.1) is 5.69 Å². The summed E-state index contributed by atoms with van der Waals surface area (Å²) < 4.78 is 0. The quantitative estimate of drug-likeness (QED) is 0.802. The zero-order valence-corrected chi connectivity index (χ0v) is 13.0. The number of anilines is 3. The maximum absolute atomic E-state index is 12.2. The summed E-state index contributed by atoms with van der Waals surface area (Å²) in [6.45, 7) is 1.67. The molecule has 0 bridgehead atoms. The predicted molar refractivity (Wildman–Crippen MR) is 88.2 cm³/mol. The lowest BCUT2D eigenvalue weighted by atomic mass is 10.1. The van der Waals surface area contributed by atoms with E-state index >= 15 is 0 Å². The molecule has 0 spiro atoms. The Bertz CT molecular complexity index is 625. The molecule has 1 atom stereocenters. The standard InChI is InChI=1S/C13H17N5OS2/c14-8-2-1-4-18(6-8)13-17-11(15)10(21-13)12(19)16-9-3-5-20-7-9/h3,5,7-8H,1-2,4,6,14-15H2,(H,16,19). The van der Waals surface area contributed by atoms with Gasteiger partial charge in [-0.05, 0) is 24.3 Å². The normalized spacial score (nSPS) is 18.7. The number of carbonyl (C=O) groups excluding carboxylic acids is 1. The Kier molecular flexibility index (Phi) is 4.09. The smallest absolute Gasteiger partial charge is 0.269 e. The minimum atomic E-state index is -0.212. The van der Waals surface area contributed by atoms with E-state index < -0.39 is 0 Å². The third-order valence-electron chi connectivity index (χ3n) is 3.36. The second kappa shape index (κ2) is 6.00. The van der Waals surface area contributed by atoms with Crippen LogP contribution in [0.4, 0.5) is 16.6 Å². The SMILES string of the molecule is Nc1nc(N2CCCC(N)C2)sc1C(=O)Nc1ccsc1. The fourth-order valence-electron chi connectivity index (χ4n) is 2.33. The molecule has 3 heterocycles. The molecule has 0 aliphatic carbocycles. The summed E-state index contributed by atoms with van der Waals surface area (Å²) in [5.74, 6) is 0.0674. The van der Waals surface area contributed by atoms with Crippen LogP contribution < -0.4 is 21.7 Å². The summed E-state index contributed by atoms with van der Waals surface area (Å²) in [6, 6.07) is 2.01. The summed E-state index contributed by atoms with van der Waals surface area (Å²) in [5, 5.41) is 7.38. The fraction of sp³-hybridized carbons (Fsp3) is 0.385. The van der Waals surface area contributed by atoms with Crippen LogP contribution in [0.15, 0.2) is 16.8 Å². The van der Waals surface area contributed by atoms with E-state index in [1.807, 2.05) is 16.8 Å². The summed E-state index contributed by atoms with van der Waals surface area (Å²) in [7, 11) is 0. The molecular formula is C13H17N5OS2. The molecule has 112 valence electrons. The Hall–Kier alpha value is -1.64. The van der Waals surface area contributed by atoms with Crippen molar-refractivity contribution in [2.75, 3.05) is 29.0 Å². The van der Waals surface area contributed by atoms with Crippen LogP contribution in [0.2, 0.25) is 0 Å². The van der Waals surface area contributed by atoms with Crippen molar-refractivity contribution in [3.8, 4) is 0 Å². The van der Waals surface area contributed by atoms with Crippen LogP contribution in [0.25, 0.3) is 0 Å². The molecule has 21 heavy (non-hydrogen) atoms. The number of nitrogens with two attached hydrogens (primary N) is 2. The van der Waals surface area contributed by atoms with Crippen molar-refractivity contribution in [1.29, 1.82) is 0 Å². The van der Waals surface area contributed by atoms with Crippen molar-refractivity contribution >= 4 is 45.2 Å². The first-order valence-corrected chi connectivity index (χ1v) is 8.50. The van der Waals surface area contributed by atoms with Gasteiger partial charge in [0.1, 0.15) is 10.7 Å². The monoisotopic (exact) mass is 323 g/mol. The minimum absolute atomic E-state index is 0.159. The van der Waals surface area contributed by atoms with Crippen LogP contribution in [0.5, 0.6) is 0 Å². The van der Waals surface area contributed by atoms with Crippen molar-refractivity contribution < 1.29 is 4.79 Å². The molecule has 1 fully saturated rings. The van der Waals surface area contributed by atoms with Crippen molar-refractivity contribution in [2.24, 2.45) is 5.73 Å². The van der Waals surface area contributed by atoms with Gasteiger partial charge in [0.2, 0.25) is 0 Å². The van der Waals surface area contributed by atoms with Gasteiger partial charge >= 0.3 is 0 Å². The average Bonchev–Trinajstić information content (AvgIpc) is 3.08. The number of nitrogen functional groups attached to an aromatic ring is 1. The number of hydrogen-bond donors (Lipinski definition) is 3. The predicted octanol–water partition coefficient (Wildman–Crippen LogP) is 1.97. The Balaban J connectivity index is 1.76. The molecule has 1 amide bonds. The summed E-state index contributed by atoms with van der Waals surface area (Å²) in [4.78, 5) is 19.1. The molecule has 1 unspecified atom stereocenters. The number of carbonyl (C=O) groups is 1. The molecule has 1 saturated heterocycles. The molecule has 2 aromatic rings. The topological polar surface area (TPSA) is 97.3 Å². The Morgan fingerprint density at radius 2 is 2.38 bits per heavy atom. The number of thiazole rings is 1. The van der Waals surface area contributed by atoms with Crippen LogP contribution >= 0.6 is 22.7 Å². The maximum atomic E-state index is 12.2. The van der Waals surface area contributed by atoms with Gasteiger partial charge in [-0.2, -0.15) is 11.3 Å². The number of nitrogens with zero attached hydrogens (tertiary/aromatic N) is 2. The fourth-order valence-corrected chi connectivity index (χ4v) is 3.83. The van der Waals surface area contributed by atoms with Crippen LogP contribution in [0.1, 0.15) is 22.5 Å². The van der Waals surface area contributed by atoms with Crippen LogP contribution in [-0.4, -0.2) is 30.0 Å². The van der Waals surface area contributed by atoms with Crippen molar-refractivity contribution in [3.63, 3.8) is 0 Å². The minimum Gasteiger partial charge on any atom is -0.382 e. The van der Waals surface area contributed by atoms with Gasteiger partial charge in [-0.25, -0.2) is 4.98 Å². The van der Waals surface area contributed by atoms with Gasteiger partial charge in [-0.3, -0.25) is 4.79 Å². The third kappa shape index (κ3) is 3.17. The number of amides is 1. The van der Waals surface area contributed by atoms with E-state index in [-0.39, 0.29) is 17.8 Å². The molecule has 3 rings (SSSR count). The van der Waals surface area contributed by atoms with Gasteiger partial charge in [-0.15, -0.1) is 0 Å². The molecule has 0 aromatic carbocycles. The summed E-state index contributed by atoms with van der Waals surface area (Å²) >= 11 is 2.85. The molecule has 5 N–H and O–H groups in total. The lowest BCUT2D eigenvalue weighted by Crippen LogP contribution is -2.42. The summed E-state index contributed by atoms with van der Waals surface area (Å²) in [6.07, 6.45) is 2.07. The number of thiophene rings is 1. The molecule has 2 aromatic heterocycles. The number of hydrogen-bond acceptors (Lipinski definition) is 7. The summed E-state index contributed by atoms with van der Waals surface area (Å²) in [5.41, 5.74) is 12.7. The highest BCUT2D eigenvalue weighted by Crippen LogP contribution is 2.30. The van der Waals surface area contributed by atoms with Crippen molar-refractivity contribution in [3.05, 3.63) is 21.7 Å². The van der Waals surface area contributed by atoms with E-state index in [4.69, 9.17) is 11.5 Å². The zero-order chi connectivity index (χ0) is 14.8. The average molecular weight is 323 g/mol. The van der Waals surface area contributed by atoms with E-state index in [1.54, 1.807) is 0 Å². The van der Waals surface area contributed by atoms with Gasteiger partial charge in [0, 0.05) is 24.5 Å². The highest BCUT2D eigenvalue weighted by molar-refractivity contribution is 7.18. The van der Waals surface area contributed by atoms with E-state index in [1.165, 1.54) is 22.7 Å². The molecule has 6 nitrogen and oxygen atoms in total. The molecule has 0 radical (unpaired) electrons. The zero-order valence-electron chi connectivity index (χ0n) is 11.4. The van der Waals surface area contributed by atoms with E-state index in [0.717, 1.165) is 36.8 Å².